The van der Waals surface area contributed by atoms with Crippen molar-refractivity contribution in [2.24, 2.45) is 0 Å². The molecule has 0 fully saturated rings. The number of benzene rings is 1. The molecule has 0 saturated heterocycles. The number of hydrogen-bond acceptors (Lipinski definition) is 5. The second-order valence-corrected chi connectivity index (χ2v) is 5.00. The molecule has 1 amide bonds. The lowest BCUT2D eigenvalue weighted by Gasteiger charge is -2.15. The van der Waals surface area contributed by atoms with E-state index in [2.05, 4.69) is 19.4 Å². The Bertz CT molecular complexity index is 601. The summed E-state index contributed by atoms with van der Waals surface area (Å²) in [6.07, 6.45) is 0. The molecular weight excluding hydrogens is 295 g/mol. The summed E-state index contributed by atoms with van der Waals surface area (Å²) in [5.74, 6) is -0.141. The smallest absolute Gasteiger partial charge is 0.241 e. The Morgan fingerprint density at radius 2 is 2.00 bits per heavy atom. The Morgan fingerprint density at radius 1 is 1.33 bits per heavy atom. The summed E-state index contributed by atoms with van der Waals surface area (Å²) in [6.45, 7) is 1.73. The van der Waals surface area contributed by atoms with Crippen LogP contribution >= 0.6 is 34.9 Å². The zero-order valence-corrected chi connectivity index (χ0v) is 11.9. The molecule has 0 aliphatic heterocycles. The second kappa shape index (κ2) is 5.26. The van der Waals surface area contributed by atoms with Crippen LogP contribution in [0.25, 0.3) is 11.0 Å². The number of rotatable bonds is 3. The Morgan fingerprint density at radius 3 is 2.67 bits per heavy atom. The van der Waals surface area contributed by atoms with Gasteiger partial charge in [0.1, 0.15) is 17.1 Å². The molecule has 1 heterocycles. The minimum atomic E-state index is -0.432. The topological polar surface area (TPSA) is 66.9 Å². The summed E-state index contributed by atoms with van der Waals surface area (Å²) >= 11 is 13.2. The van der Waals surface area contributed by atoms with E-state index in [-0.39, 0.29) is 5.91 Å². The number of anilines is 1. The minimum Gasteiger partial charge on any atom is -0.371 e. The van der Waals surface area contributed by atoms with Crippen LogP contribution in [0.4, 0.5) is 5.69 Å². The first-order valence-electron chi connectivity index (χ1n) is 5.13. The van der Waals surface area contributed by atoms with Gasteiger partial charge in [-0.3, -0.25) is 4.79 Å². The van der Waals surface area contributed by atoms with Crippen LogP contribution < -0.4 is 10.6 Å². The predicted molar refractivity (Wildman–Crippen MR) is 74.6 cm³/mol. The highest BCUT2D eigenvalue weighted by Crippen LogP contribution is 2.35. The van der Waals surface area contributed by atoms with Gasteiger partial charge in [-0.2, -0.15) is 8.75 Å². The Hall–Kier alpha value is -1.11. The Labute approximate surface area is 118 Å². The van der Waals surface area contributed by atoms with Gasteiger partial charge in [0, 0.05) is 7.05 Å². The standard InChI is InChI=1S/C10H10Cl2N4OS/c1-4(10(17)13-2)14-7-5(11)3-6(12)8-9(7)16-18-15-8/h3-4,14H,1-2H3,(H,13,17). The third-order valence-electron chi connectivity index (χ3n) is 2.44. The fourth-order valence-electron chi connectivity index (χ4n) is 1.51. The van der Waals surface area contributed by atoms with Crippen LogP contribution in [-0.4, -0.2) is 27.7 Å². The largest absolute Gasteiger partial charge is 0.371 e. The average Bonchev–Trinajstić information content (AvgIpc) is 2.82. The minimum absolute atomic E-state index is 0.141. The number of likely N-dealkylation sites (N-methyl/N-ethyl adjacent to an activating group) is 1. The van der Waals surface area contributed by atoms with E-state index >= 15 is 0 Å². The predicted octanol–water partition coefficient (Wildman–Crippen LogP) is 2.54. The number of carbonyl (C=O) groups excluding carboxylic acids is 1. The molecule has 1 atom stereocenters. The average molecular weight is 305 g/mol. The number of carbonyl (C=O) groups is 1. The molecule has 0 bridgehead atoms. The first-order valence-corrected chi connectivity index (χ1v) is 6.61. The number of amides is 1. The molecule has 8 heteroatoms. The van der Waals surface area contributed by atoms with Gasteiger partial charge in [-0.05, 0) is 13.0 Å². The number of hydrogen-bond donors (Lipinski definition) is 2. The lowest BCUT2D eigenvalue weighted by Crippen LogP contribution is -2.35. The van der Waals surface area contributed by atoms with Crippen molar-refractivity contribution in [1.82, 2.24) is 14.1 Å². The summed E-state index contributed by atoms with van der Waals surface area (Å²) in [6, 6.07) is 1.16. The van der Waals surface area contributed by atoms with E-state index in [1.165, 1.54) is 0 Å². The van der Waals surface area contributed by atoms with E-state index in [9.17, 15) is 4.79 Å². The zero-order valence-electron chi connectivity index (χ0n) is 9.62. The van der Waals surface area contributed by atoms with Gasteiger partial charge in [0.15, 0.2) is 0 Å². The lowest BCUT2D eigenvalue weighted by molar-refractivity contribution is -0.121. The number of aromatic nitrogens is 2. The first kappa shape index (κ1) is 13.3. The van der Waals surface area contributed by atoms with Crippen molar-refractivity contribution in [3.63, 3.8) is 0 Å². The van der Waals surface area contributed by atoms with Crippen molar-refractivity contribution < 1.29 is 4.79 Å². The molecule has 18 heavy (non-hydrogen) atoms. The lowest BCUT2D eigenvalue weighted by atomic mass is 10.2. The molecule has 0 spiro atoms. The van der Waals surface area contributed by atoms with Crippen LogP contribution in [0.1, 0.15) is 6.92 Å². The van der Waals surface area contributed by atoms with Gasteiger partial charge in [0.05, 0.1) is 27.5 Å². The highest BCUT2D eigenvalue weighted by Gasteiger charge is 2.18. The molecule has 0 radical (unpaired) electrons. The third kappa shape index (κ3) is 2.36. The van der Waals surface area contributed by atoms with Gasteiger partial charge in [0.2, 0.25) is 5.91 Å². The molecule has 0 saturated carbocycles. The number of halogens is 2. The molecule has 0 aliphatic carbocycles. The van der Waals surface area contributed by atoms with Crippen molar-refractivity contribution in [1.29, 1.82) is 0 Å². The third-order valence-corrected chi connectivity index (χ3v) is 3.56. The van der Waals surface area contributed by atoms with Gasteiger partial charge in [0.25, 0.3) is 0 Å². The normalized spacial score (nSPS) is 12.4. The van der Waals surface area contributed by atoms with Crippen LogP contribution in [-0.2, 0) is 4.79 Å². The molecule has 96 valence electrons. The van der Waals surface area contributed by atoms with Crippen LogP contribution in [0, 0.1) is 0 Å². The highest BCUT2D eigenvalue weighted by atomic mass is 35.5. The Kier molecular flexibility index (Phi) is 3.89. The first-order chi connectivity index (χ1) is 8.54. The molecule has 1 aromatic carbocycles. The van der Waals surface area contributed by atoms with Gasteiger partial charge in [-0.1, -0.05) is 23.2 Å². The Balaban J connectivity index is 2.44. The molecule has 2 N–H and O–H groups in total. The molecule has 1 aromatic heterocycles. The second-order valence-electron chi connectivity index (χ2n) is 3.66. The van der Waals surface area contributed by atoms with Gasteiger partial charge < -0.3 is 10.6 Å². The van der Waals surface area contributed by atoms with E-state index in [0.717, 1.165) is 11.7 Å². The quantitative estimate of drug-likeness (QED) is 0.914. The summed E-state index contributed by atoms with van der Waals surface area (Å²) < 4.78 is 8.24. The van der Waals surface area contributed by atoms with Gasteiger partial charge in [-0.15, -0.1) is 0 Å². The van der Waals surface area contributed by atoms with Crippen LogP contribution in [0.3, 0.4) is 0 Å². The number of nitrogens with one attached hydrogen (secondary N) is 2. The summed E-state index contributed by atoms with van der Waals surface area (Å²) in [7, 11) is 1.57. The molecule has 2 aromatic rings. The molecule has 2 rings (SSSR count). The maximum atomic E-state index is 11.5. The summed E-state index contributed by atoms with van der Waals surface area (Å²) in [5, 5.41) is 6.43. The number of fused-ring (bicyclic) bond motifs is 1. The van der Waals surface area contributed by atoms with E-state index < -0.39 is 6.04 Å². The highest BCUT2D eigenvalue weighted by molar-refractivity contribution is 7.00. The maximum absolute atomic E-state index is 11.5. The van der Waals surface area contributed by atoms with Crippen molar-refractivity contribution in [2.75, 3.05) is 12.4 Å². The van der Waals surface area contributed by atoms with E-state index in [1.807, 2.05) is 0 Å². The van der Waals surface area contributed by atoms with Crippen LogP contribution in [0.5, 0.6) is 0 Å². The van der Waals surface area contributed by atoms with Crippen molar-refractivity contribution in [3.8, 4) is 0 Å². The van der Waals surface area contributed by atoms with E-state index in [4.69, 9.17) is 23.2 Å². The van der Waals surface area contributed by atoms with E-state index in [1.54, 1.807) is 20.0 Å². The zero-order chi connectivity index (χ0) is 13.3. The fourth-order valence-corrected chi connectivity index (χ4v) is 2.68. The summed E-state index contributed by atoms with van der Waals surface area (Å²) in [4.78, 5) is 11.5. The fraction of sp³-hybridized carbons (Fsp3) is 0.300. The van der Waals surface area contributed by atoms with Gasteiger partial charge in [-0.25, -0.2) is 0 Å². The van der Waals surface area contributed by atoms with Crippen molar-refractivity contribution >= 4 is 57.6 Å². The number of nitrogens with zero attached hydrogens (tertiary/aromatic N) is 2. The van der Waals surface area contributed by atoms with E-state index in [0.29, 0.717) is 26.8 Å². The molecule has 1 unspecified atom stereocenters. The molecular formula is C10H10Cl2N4OS. The van der Waals surface area contributed by atoms with Crippen molar-refractivity contribution in [2.45, 2.75) is 13.0 Å². The van der Waals surface area contributed by atoms with Crippen LogP contribution in [0.2, 0.25) is 10.0 Å². The molecule has 0 aliphatic rings. The van der Waals surface area contributed by atoms with Gasteiger partial charge >= 0.3 is 0 Å². The van der Waals surface area contributed by atoms with Crippen LogP contribution in [0.15, 0.2) is 6.07 Å². The SMILES string of the molecule is CNC(=O)C(C)Nc1c(Cl)cc(Cl)c2nsnc12. The maximum Gasteiger partial charge on any atom is 0.241 e. The monoisotopic (exact) mass is 304 g/mol. The molecule has 5 nitrogen and oxygen atoms in total. The van der Waals surface area contributed by atoms with Crippen molar-refractivity contribution in [3.05, 3.63) is 16.1 Å². The summed E-state index contributed by atoms with van der Waals surface area (Å²) in [5.41, 5.74) is 1.73.